The molecule has 2 aromatic carbocycles. The summed E-state index contributed by atoms with van der Waals surface area (Å²) < 4.78 is 12.0. The molecule has 0 spiro atoms. The fraction of sp³-hybridized carbons (Fsp3) is 0.192. The maximum Gasteiger partial charge on any atom is 0.338 e. The monoisotopic (exact) mass is 476 g/mol. The molecule has 0 unspecified atom stereocenters. The molecule has 34 heavy (non-hydrogen) atoms. The zero-order valence-electron chi connectivity index (χ0n) is 19.2. The number of methoxy groups -OCH3 is 2. The fourth-order valence-electron chi connectivity index (χ4n) is 3.97. The summed E-state index contributed by atoms with van der Waals surface area (Å²) in [4.78, 5) is 39.4. The number of nitrogens with two attached hydrogens (primary N) is 1. The molecule has 2 N–H and O–H groups in total. The quantitative estimate of drug-likeness (QED) is 0.576. The average molecular weight is 477 g/mol. The van der Waals surface area contributed by atoms with Crippen molar-refractivity contribution in [3.8, 4) is 0 Å². The average Bonchev–Trinajstić information content (AvgIpc) is 3.15. The van der Waals surface area contributed by atoms with Gasteiger partial charge in [0.25, 0.3) is 5.56 Å². The van der Waals surface area contributed by atoms with Crippen molar-refractivity contribution in [1.82, 2.24) is 4.57 Å². The van der Waals surface area contributed by atoms with Crippen LogP contribution < -0.4 is 20.5 Å². The number of carbonyl (C=O) groups is 2. The minimum atomic E-state index is -0.856. The second-order valence-corrected chi connectivity index (χ2v) is 9.04. The van der Waals surface area contributed by atoms with Crippen molar-refractivity contribution < 1.29 is 19.1 Å². The number of aromatic nitrogens is 1. The molecule has 4 rings (SSSR count). The van der Waals surface area contributed by atoms with Crippen molar-refractivity contribution in [3.05, 3.63) is 95.9 Å². The van der Waals surface area contributed by atoms with E-state index in [4.69, 9.17) is 15.2 Å². The van der Waals surface area contributed by atoms with E-state index < -0.39 is 23.4 Å². The van der Waals surface area contributed by atoms with Gasteiger partial charge in [0.2, 0.25) is 0 Å². The Kier molecular flexibility index (Phi) is 6.26. The first-order valence-corrected chi connectivity index (χ1v) is 11.4. The van der Waals surface area contributed by atoms with Crippen LogP contribution in [-0.4, -0.2) is 30.7 Å². The number of aryl methyl sites for hydroxylation is 2. The summed E-state index contributed by atoms with van der Waals surface area (Å²) in [5, 5.41) is 0. The smallest absolute Gasteiger partial charge is 0.338 e. The van der Waals surface area contributed by atoms with Gasteiger partial charge in [0.1, 0.15) is 10.5 Å². The lowest BCUT2D eigenvalue weighted by molar-refractivity contribution is -0.136. The molecular formula is C26H24N2O5S. The van der Waals surface area contributed by atoms with Crippen LogP contribution in [0.15, 0.2) is 58.9 Å². The van der Waals surface area contributed by atoms with E-state index in [1.165, 1.54) is 18.8 Å². The van der Waals surface area contributed by atoms with Crippen molar-refractivity contribution in [2.45, 2.75) is 19.8 Å². The normalized spacial score (nSPS) is 15.8. The van der Waals surface area contributed by atoms with Gasteiger partial charge < -0.3 is 15.2 Å². The van der Waals surface area contributed by atoms with Crippen molar-refractivity contribution >= 4 is 40.7 Å². The van der Waals surface area contributed by atoms with Crippen LogP contribution in [0.3, 0.4) is 0 Å². The van der Waals surface area contributed by atoms with Crippen molar-refractivity contribution in [2.24, 2.45) is 5.73 Å². The van der Waals surface area contributed by atoms with Gasteiger partial charge in [-0.1, -0.05) is 59.7 Å². The number of nitrogens with zero attached hydrogens (tertiary/aromatic N) is 1. The van der Waals surface area contributed by atoms with Crippen LogP contribution in [0.25, 0.3) is 17.5 Å². The van der Waals surface area contributed by atoms with E-state index in [9.17, 15) is 14.4 Å². The SMILES string of the molecule is COC(=O)C1=C(N)n2c(s/c(=C\c3ccc(C)cc3)c2=O)=C(C(=O)OC)[C@@H]1c1ccc(C)cc1. The third-order valence-electron chi connectivity index (χ3n) is 5.74. The molecule has 1 aromatic heterocycles. The summed E-state index contributed by atoms with van der Waals surface area (Å²) in [6, 6.07) is 15.1. The molecule has 2 heterocycles. The Morgan fingerprint density at radius 2 is 1.44 bits per heavy atom. The summed E-state index contributed by atoms with van der Waals surface area (Å²) in [6.07, 6.45) is 1.73. The maximum absolute atomic E-state index is 13.4. The minimum Gasteiger partial charge on any atom is -0.466 e. The van der Waals surface area contributed by atoms with Gasteiger partial charge in [0.05, 0.1) is 35.8 Å². The number of carbonyl (C=O) groups excluding carboxylic acids is 2. The predicted octanol–water partition coefficient (Wildman–Crippen LogP) is 1.78. The topological polar surface area (TPSA) is 101 Å². The number of thiazole rings is 1. The number of hydrogen-bond acceptors (Lipinski definition) is 7. The second kappa shape index (κ2) is 9.15. The first kappa shape index (κ1) is 23.3. The lowest BCUT2D eigenvalue weighted by Crippen LogP contribution is -2.41. The molecule has 1 aliphatic rings. The van der Waals surface area contributed by atoms with Crippen LogP contribution >= 0.6 is 11.3 Å². The summed E-state index contributed by atoms with van der Waals surface area (Å²) in [5.74, 6) is -2.30. The number of esters is 2. The standard InChI is InChI=1S/C26H24N2O5S/c1-14-5-9-16(10-6-14)13-18-23(29)28-22(27)20(25(30)32-3)19(17-11-7-15(2)8-12-17)21(24(28)34-18)26(31)33-4/h5-13,19H,27H2,1-4H3/b18-13-/t19-/m1/s1. The Balaban J connectivity index is 2.11. The van der Waals surface area contributed by atoms with Gasteiger partial charge in [0.15, 0.2) is 0 Å². The number of ether oxygens (including phenoxy) is 2. The van der Waals surface area contributed by atoms with Crippen LogP contribution in [0.5, 0.6) is 0 Å². The lowest BCUT2D eigenvalue weighted by atomic mass is 9.83. The minimum absolute atomic E-state index is 0.0149. The third kappa shape index (κ3) is 3.97. The van der Waals surface area contributed by atoms with E-state index >= 15 is 0 Å². The van der Waals surface area contributed by atoms with Crippen molar-refractivity contribution in [1.29, 1.82) is 0 Å². The Morgan fingerprint density at radius 1 is 0.912 bits per heavy atom. The van der Waals surface area contributed by atoms with E-state index in [-0.39, 0.29) is 17.0 Å². The van der Waals surface area contributed by atoms with Gasteiger partial charge in [-0.3, -0.25) is 9.36 Å². The second-order valence-electron chi connectivity index (χ2n) is 8.01. The summed E-state index contributed by atoms with van der Waals surface area (Å²) >= 11 is 1.13. The van der Waals surface area contributed by atoms with Gasteiger partial charge >= 0.3 is 11.9 Å². The Bertz CT molecular complexity index is 1490. The predicted molar refractivity (Wildman–Crippen MR) is 131 cm³/mol. The van der Waals surface area contributed by atoms with Gasteiger partial charge in [-0.15, -0.1) is 11.3 Å². The molecule has 0 aliphatic carbocycles. The zero-order valence-corrected chi connectivity index (χ0v) is 20.1. The molecule has 0 saturated carbocycles. The van der Waals surface area contributed by atoms with E-state index in [2.05, 4.69) is 0 Å². The molecule has 0 bridgehead atoms. The highest BCUT2D eigenvalue weighted by Crippen LogP contribution is 2.37. The summed E-state index contributed by atoms with van der Waals surface area (Å²) in [6.45, 7) is 3.91. The molecule has 0 radical (unpaired) electrons. The lowest BCUT2D eigenvalue weighted by Gasteiger charge is -2.26. The molecule has 1 atom stereocenters. The summed E-state index contributed by atoms with van der Waals surface area (Å²) in [7, 11) is 2.49. The van der Waals surface area contributed by atoms with Gasteiger partial charge in [-0.05, 0) is 31.1 Å². The molecule has 0 saturated heterocycles. The first-order valence-electron chi connectivity index (χ1n) is 10.5. The first-order chi connectivity index (χ1) is 16.3. The van der Waals surface area contributed by atoms with Crippen LogP contribution in [0, 0.1) is 13.8 Å². The number of fused-ring (bicyclic) bond motifs is 1. The third-order valence-corrected chi connectivity index (χ3v) is 6.85. The molecule has 174 valence electrons. The highest BCUT2D eigenvalue weighted by molar-refractivity contribution is 7.07. The Labute approximate surface area is 200 Å². The van der Waals surface area contributed by atoms with Crippen LogP contribution in [0.4, 0.5) is 0 Å². The van der Waals surface area contributed by atoms with Crippen LogP contribution in [-0.2, 0) is 19.1 Å². The molecule has 0 fully saturated rings. The highest BCUT2D eigenvalue weighted by Gasteiger charge is 2.39. The number of hydrogen-bond donors (Lipinski definition) is 1. The molecule has 3 aromatic rings. The zero-order chi connectivity index (χ0) is 24.6. The van der Waals surface area contributed by atoms with E-state index in [0.29, 0.717) is 14.8 Å². The van der Waals surface area contributed by atoms with Crippen LogP contribution in [0.2, 0.25) is 0 Å². The fourth-order valence-corrected chi connectivity index (χ4v) is 5.14. The maximum atomic E-state index is 13.4. The largest absolute Gasteiger partial charge is 0.466 e. The van der Waals surface area contributed by atoms with E-state index in [0.717, 1.165) is 28.0 Å². The van der Waals surface area contributed by atoms with Gasteiger partial charge in [-0.2, -0.15) is 0 Å². The Morgan fingerprint density at radius 3 is 2.00 bits per heavy atom. The highest BCUT2D eigenvalue weighted by atomic mass is 32.1. The molecule has 8 heteroatoms. The van der Waals surface area contributed by atoms with E-state index in [1.54, 1.807) is 6.08 Å². The van der Waals surface area contributed by atoms with Crippen molar-refractivity contribution in [3.63, 3.8) is 0 Å². The number of rotatable bonds is 4. The van der Waals surface area contributed by atoms with Gasteiger partial charge in [0, 0.05) is 0 Å². The van der Waals surface area contributed by atoms with Crippen molar-refractivity contribution in [2.75, 3.05) is 14.2 Å². The summed E-state index contributed by atoms with van der Waals surface area (Å²) in [5.41, 5.74) is 9.76. The van der Waals surface area contributed by atoms with E-state index in [1.807, 2.05) is 62.4 Å². The molecule has 1 aliphatic heterocycles. The van der Waals surface area contributed by atoms with Gasteiger partial charge in [-0.25, -0.2) is 9.59 Å². The number of benzene rings is 2. The molecular weight excluding hydrogens is 452 g/mol. The Hall–Kier alpha value is -3.91. The molecule has 7 nitrogen and oxygen atoms in total. The molecule has 0 amide bonds. The van der Waals surface area contributed by atoms with Crippen LogP contribution in [0.1, 0.15) is 28.2 Å².